The number of nitrogens with one attached hydrogen (secondary N) is 3. The Balaban J connectivity index is 1.73. The van der Waals surface area contributed by atoms with E-state index in [0.29, 0.717) is 37.1 Å². The number of aromatic nitrogens is 1. The Morgan fingerprint density at radius 3 is 2.90 bits per heavy atom. The molecule has 1 fully saturated rings. The van der Waals surface area contributed by atoms with E-state index in [0.717, 1.165) is 18.7 Å². The van der Waals surface area contributed by atoms with E-state index in [1.165, 1.54) is 12.8 Å². The first-order chi connectivity index (χ1) is 10.1. The molecule has 0 saturated heterocycles. The van der Waals surface area contributed by atoms with Gasteiger partial charge in [0.25, 0.3) is 0 Å². The van der Waals surface area contributed by atoms with Crippen LogP contribution < -0.4 is 10.0 Å². The fourth-order valence-corrected chi connectivity index (χ4v) is 3.02. The Hall–Kier alpha value is -0.890. The highest BCUT2D eigenvalue weighted by atomic mass is 32.2. The summed E-state index contributed by atoms with van der Waals surface area (Å²) in [6.07, 6.45) is 5.63. The Morgan fingerprint density at radius 2 is 2.19 bits per heavy atom. The minimum atomic E-state index is -3.42. The van der Waals surface area contributed by atoms with Gasteiger partial charge in [-0.25, -0.2) is 13.1 Å². The zero-order chi connectivity index (χ0) is 15.1. The van der Waals surface area contributed by atoms with Crippen molar-refractivity contribution in [2.45, 2.75) is 50.1 Å². The third-order valence-corrected chi connectivity index (χ3v) is 4.73. The first-order valence-corrected chi connectivity index (χ1v) is 9.08. The largest absolute Gasteiger partial charge is 0.381 e. The van der Waals surface area contributed by atoms with Gasteiger partial charge in [0.1, 0.15) is 0 Å². The normalized spacial score (nSPS) is 15.5. The van der Waals surface area contributed by atoms with E-state index < -0.39 is 10.0 Å². The van der Waals surface area contributed by atoms with Crippen molar-refractivity contribution in [3.8, 4) is 0 Å². The number of aromatic amines is 1. The van der Waals surface area contributed by atoms with Gasteiger partial charge in [-0.05, 0) is 31.7 Å². The maximum Gasteiger partial charge on any atom is 0.242 e. The zero-order valence-electron chi connectivity index (χ0n) is 12.5. The molecule has 1 aliphatic rings. The molecule has 1 heterocycles. The predicted octanol–water partition coefficient (Wildman–Crippen LogP) is 1.36. The monoisotopic (exact) mass is 315 g/mol. The van der Waals surface area contributed by atoms with Gasteiger partial charge >= 0.3 is 0 Å². The first-order valence-electron chi connectivity index (χ1n) is 7.60. The maximum absolute atomic E-state index is 12.1. The lowest BCUT2D eigenvalue weighted by atomic mass is 10.4. The van der Waals surface area contributed by atoms with Crippen molar-refractivity contribution < 1.29 is 13.2 Å². The summed E-state index contributed by atoms with van der Waals surface area (Å²) in [5.41, 5.74) is 0.897. The van der Waals surface area contributed by atoms with Gasteiger partial charge in [-0.15, -0.1) is 0 Å². The zero-order valence-corrected chi connectivity index (χ0v) is 13.3. The Kier molecular flexibility index (Phi) is 6.22. The lowest BCUT2D eigenvalue weighted by molar-refractivity contribution is 0.133. The van der Waals surface area contributed by atoms with Crippen molar-refractivity contribution >= 4 is 10.0 Å². The van der Waals surface area contributed by atoms with Gasteiger partial charge in [-0.3, -0.25) is 0 Å². The number of hydrogen-bond donors (Lipinski definition) is 3. The molecule has 1 aliphatic carbocycles. The third kappa shape index (κ3) is 5.78. The topological polar surface area (TPSA) is 83.2 Å². The van der Waals surface area contributed by atoms with Crippen LogP contribution in [0.1, 0.15) is 38.3 Å². The lowest BCUT2D eigenvalue weighted by Gasteiger charge is -2.05. The molecule has 3 N–H and O–H groups in total. The molecule has 1 saturated carbocycles. The molecule has 0 amide bonds. The predicted molar refractivity (Wildman–Crippen MR) is 81.6 cm³/mol. The minimum absolute atomic E-state index is 0.296. The number of hydrogen-bond acceptors (Lipinski definition) is 4. The van der Waals surface area contributed by atoms with Crippen LogP contribution in [-0.4, -0.2) is 39.2 Å². The third-order valence-electron chi connectivity index (χ3n) is 3.29. The van der Waals surface area contributed by atoms with Gasteiger partial charge in [0, 0.05) is 44.2 Å². The molecule has 7 heteroatoms. The molecule has 0 aromatic carbocycles. The summed E-state index contributed by atoms with van der Waals surface area (Å²) < 4.78 is 32.1. The van der Waals surface area contributed by atoms with Crippen LogP contribution in [0.3, 0.4) is 0 Å². The molecule has 0 aliphatic heterocycles. The van der Waals surface area contributed by atoms with E-state index >= 15 is 0 Å². The van der Waals surface area contributed by atoms with Gasteiger partial charge in [0.05, 0.1) is 4.90 Å². The van der Waals surface area contributed by atoms with Gasteiger partial charge in [-0.1, -0.05) is 6.92 Å². The fraction of sp³-hybridized carbons (Fsp3) is 0.714. The van der Waals surface area contributed by atoms with E-state index in [1.807, 2.05) is 6.92 Å². The average molecular weight is 315 g/mol. The molecule has 6 nitrogen and oxygen atoms in total. The molecule has 0 spiro atoms. The van der Waals surface area contributed by atoms with Crippen molar-refractivity contribution in [3.63, 3.8) is 0 Å². The summed E-state index contributed by atoms with van der Waals surface area (Å²) in [7, 11) is -3.42. The van der Waals surface area contributed by atoms with Crippen LogP contribution in [0.25, 0.3) is 0 Å². The second-order valence-electron chi connectivity index (χ2n) is 5.38. The van der Waals surface area contributed by atoms with Crippen LogP contribution in [0.15, 0.2) is 17.2 Å². The van der Waals surface area contributed by atoms with E-state index in [9.17, 15) is 8.42 Å². The van der Waals surface area contributed by atoms with Crippen molar-refractivity contribution in [1.82, 2.24) is 15.0 Å². The Morgan fingerprint density at radius 1 is 1.38 bits per heavy atom. The molecule has 1 aromatic rings. The van der Waals surface area contributed by atoms with Gasteiger partial charge < -0.3 is 15.0 Å². The maximum atomic E-state index is 12.1. The highest BCUT2D eigenvalue weighted by Crippen LogP contribution is 2.19. The number of sulfonamides is 1. The van der Waals surface area contributed by atoms with Gasteiger partial charge in [0.2, 0.25) is 10.0 Å². The van der Waals surface area contributed by atoms with E-state index in [1.54, 1.807) is 12.3 Å². The fourth-order valence-electron chi connectivity index (χ4n) is 1.93. The standard InChI is InChI=1S/C14H25N3O3S/c1-2-7-20-8-3-6-17-21(18,19)14-9-13(16-11-14)10-15-12-4-5-12/h9,11-12,15-17H,2-8,10H2,1H3. The summed E-state index contributed by atoms with van der Waals surface area (Å²) in [5, 5.41) is 3.35. The molecule has 0 unspecified atom stereocenters. The molecule has 2 rings (SSSR count). The van der Waals surface area contributed by atoms with Crippen LogP contribution >= 0.6 is 0 Å². The molecule has 1 aromatic heterocycles. The molecule has 120 valence electrons. The second-order valence-corrected chi connectivity index (χ2v) is 7.15. The van der Waals surface area contributed by atoms with E-state index in [-0.39, 0.29) is 0 Å². The summed E-state index contributed by atoms with van der Waals surface area (Å²) in [6.45, 7) is 4.43. The van der Waals surface area contributed by atoms with Crippen LogP contribution in [0, 0.1) is 0 Å². The first kappa shape index (κ1) is 16.5. The van der Waals surface area contributed by atoms with Gasteiger partial charge in [-0.2, -0.15) is 0 Å². The van der Waals surface area contributed by atoms with Crippen molar-refractivity contribution in [3.05, 3.63) is 18.0 Å². The SMILES string of the molecule is CCCOCCCNS(=O)(=O)c1c[nH]c(CNC2CC2)c1. The van der Waals surface area contributed by atoms with Crippen molar-refractivity contribution in [1.29, 1.82) is 0 Å². The van der Waals surface area contributed by atoms with Crippen LogP contribution in [0.4, 0.5) is 0 Å². The molecule has 21 heavy (non-hydrogen) atoms. The Labute approximate surface area is 126 Å². The summed E-state index contributed by atoms with van der Waals surface area (Å²) in [4.78, 5) is 3.30. The number of rotatable bonds is 11. The smallest absolute Gasteiger partial charge is 0.242 e. The van der Waals surface area contributed by atoms with Crippen LogP contribution in [0.5, 0.6) is 0 Å². The summed E-state index contributed by atoms with van der Waals surface area (Å²) in [5.74, 6) is 0. The average Bonchev–Trinajstić information content (AvgIpc) is 3.16. The summed E-state index contributed by atoms with van der Waals surface area (Å²) in [6, 6.07) is 2.29. The van der Waals surface area contributed by atoms with Gasteiger partial charge in [0.15, 0.2) is 0 Å². The minimum Gasteiger partial charge on any atom is -0.381 e. The molecule has 0 bridgehead atoms. The van der Waals surface area contributed by atoms with E-state index in [4.69, 9.17) is 4.74 Å². The lowest BCUT2D eigenvalue weighted by Crippen LogP contribution is -2.25. The second kappa shape index (κ2) is 7.93. The van der Waals surface area contributed by atoms with Crippen molar-refractivity contribution in [2.24, 2.45) is 0 Å². The number of ether oxygens (including phenoxy) is 1. The van der Waals surface area contributed by atoms with Crippen molar-refractivity contribution in [2.75, 3.05) is 19.8 Å². The Bertz CT molecular complexity index is 523. The van der Waals surface area contributed by atoms with Crippen LogP contribution in [-0.2, 0) is 21.3 Å². The molecule has 0 atom stereocenters. The number of H-pyrrole nitrogens is 1. The quantitative estimate of drug-likeness (QED) is 0.539. The highest BCUT2D eigenvalue weighted by Gasteiger charge is 2.21. The molecule has 0 radical (unpaired) electrons. The van der Waals surface area contributed by atoms with E-state index in [2.05, 4.69) is 15.0 Å². The highest BCUT2D eigenvalue weighted by molar-refractivity contribution is 7.89. The summed E-state index contributed by atoms with van der Waals surface area (Å²) >= 11 is 0. The molecular weight excluding hydrogens is 290 g/mol. The van der Waals surface area contributed by atoms with Crippen LogP contribution in [0.2, 0.25) is 0 Å². The molecular formula is C14H25N3O3S.